The Bertz CT molecular complexity index is 612. The van der Waals surface area contributed by atoms with E-state index in [0.717, 1.165) is 36.5 Å². The van der Waals surface area contributed by atoms with Gasteiger partial charge in [0, 0.05) is 12.2 Å². The normalized spacial score (nSPS) is 16.2. The molecule has 0 radical (unpaired) electrons. The van der Waals surface area contributed by atoms with E-state index >= 15 is 0 Å². The molecule has 0 N–H and O–H groups in total. The molecule has 2 aliphatic rings. The summed E-state index contributed by atoms with van der Waals surface area (Å²) in [5.41, 5.74) is 0. The SMILES string of the molecule is O=C1C=CC(=O)C(OC(=O)OC2=CC(=O)C=CC2=O)=C1.[CaH2].[CaH2]. The maximum absolute atomic E-state index is 11.4. The molecule has 108 valence electrons. The number of ketones is 4. The van der Waals surface area contributed by atoms with Crippen molar-refractivity contribution in [3.05, 3.63) is 48.0 Å². The Morgan fingerprint density at radius 2 is 1.05 bits per heavy atom. The maximum atomic E-state index is 11.4. The molecule has 9 heteroatoms. The van der Waals surface area contributed by atoms with E-state index in [2.05, 4.69) is 9.47 Å². The molecule has 2 aliphatic carbocycles. The summed E-state index contributed by atoms with van der Waals surface area (Å²) in [5, 5.41) is 0. The summed E-state index contributed by atoms with van der Waals surface area (Å²) in [4.78, 5) is 56.0. The molecule has 0 aromatic heterocycles. The van der Waals surface area contributed by atoms with Crippen LogP contribution in [0.4, 0.5) is 4.79 Å². The van der Waals surface area contributed by atoms with Gasteiger partial charge in [-0.1, -0.05) is 0 Å². The van der Waals surface area contributed by atoms with Crippen LogP contribution in [-0.2, 0) is 28.7 Å². The number of carbonyl (C=O) groups excluding carboxylic acids is 5. The number of rotatable bonds is 2. The van der Waals surface area contributed by atoms with E-state index in [4.69, 9.17) is 0 Å². The van der Waals surface area contributed by atoms with Crippen LogP contribution in [0.2, 0.25) is 0 Å². The van der Waals surface area contributed by atoms with Crippen molar-refractivity contribution < 1.29 is 33.4 Å². The average molecular weight is 358 g/mol. The molecular formula is C13H10Ca2O7. The minimum absolute atomic E-state index is 0. The van der Waals surface area contributed by atoms with Crippen LogP contribution >= 0.6 is 0 Å². The van der Waals surface area contributed by atoms with Crippen LogP contribution in [0.5, 0.6) is 0 Å². The quantitative estimate of drug-likeness (QED) is 0.336. The van der Waals surface area contributed by atoms with Gasteiger partial charge in [0.05, 0.1) is 0 Å². The van der Waals surface area contributed by atoms with E-state index in [9.17, 15) is 24.0 Å². The monoisotopic (exact) mass is 358 g/mol. The van der Waals surface area contributed by atoms with Crippen LogP contribution in [0.25, 0.3) is 0 Å². The fourth-order valence-electron chi connectivity index (χ4n) is 1.34. The fraction of sp³-hybridized carbons (Fsp3) is 0. The number of hydrogen-bond acceptors (Lipinski definition) is 7. The second-order valence-electron chi connectivity index (χ2n) is 3.67. The van der Waals surface area contributed by atoms with E-state index in [1.165, 1.54) is 0 Å². The molecule has 0 amide bonds. The molecule has 0 aliphatic heterocycles. The van der Waals surface area contributed by atoms with Crippen LogP contribution in [0.3, 0.4) is 0 Å². The van der Waals surface area contributed by atoms with Crippen molar-refractivity contribution in [3.8, 4) is 0 Å². The molecule has 0 fully saturated rings. The summed E-state index contributed by atoms with van der Waals surface area (Å²) in [5.74, 6) is -3.48. The van der Waals surface area contributed by atoms with Crippen LogP contribution in [0, 0.1) is 0 Å². The molecule has 0 atom stereocenters. The average Bonchev–Trinajstić information content (AvgIpc) is 2.38. The summed E-state index contributed by atoms with van der Waals surface area (Å²) in [6.07, 6.45) is 4.12. The third-order valence-electron chi connectivity index (χ3n) is 2.22. The zero-order valence-corrected chi connectivity index (χ0v) is 9.82. The van der Waals surface area contributed by atoms with Gasteiger partial charge in [0.2, 0.25) is 11.6 Å². The van der Waals surface area contributed by atoms with Crippen molar-refractivity contribution >= 4 is 105 Å². The molecule has 0 unspecified atom stereocenters. The van der Waals surface area contributed by atoms with Crippen LogP contribution in [-0.4, -0.2) is 105 Å². The van der Waals surface area contributed by atoms with Crippen molar-refractivity contribution in [1.82, 2.24) is 0 Å². The molecule has 0 heterocycles. The molecule has 7 nitrogen and oxygen atoms in total. The molecule has 0 saturated heterocycles. The van der Waals surface area contributed by atoms with Crippen LogP contribution in [0.15, 0.2) is 48.0 Å². The Kier molecular flexibility index (Phi) is 9.29. The van der Waals surface area contributed by atoms with Gasteiger partial charge in [-0.2, -0.15) is 0 Å². The third kappa shape index (κ3) is 5.91. The number of carbonyl (C=O) groups is 5. The topological polar surface area (TPSA) is 104 Å². The Morgan fingerprint density at radius 3 is 1.41 bits per heavy atom. The van der Waals surface area contributed by atoms with Crippen LogP contribution in [0.1, 0.15) is 0 Å². The van der Waals surface area contributed by atoms with Crippen molar-refractivity contribution in [2.45, 2.75) is 0 Å². The predicted molar refractivity (Wildman–Crippen MR) is 79.1 cm³/mol. The first-order valence-electron chi connectivity index (χ1n) is 5.31. The van der Waals surface area contributed by atoms with Gasteiger partial charge in [0.1, 0.15) is 0 Å². The summed E-state index contributed by atoms with van der Waals surface area (Å²) < 4.78 is 9.02. The predicted octanol–water partition coefficient (Wildman–Crippen LogP) is -1.51. The van der Waals surface area contributed by atoms with Gasteiger partial charge < -0.3 is 9.47 Å². The minimum atomic E-state index is -1.39. The number of ether oxygens (including phenoxy) is 2. The molecule has 0 aromatic rings. The van der Waals surface area contributed by atoms with E-state index in [0.29, 0.717) is 0 Å². The first-order chi connectivity index (χ1) is 9.45. The summed E-state index contributed by atoms with van der Waals surface area (Å²) in [6.45, 7) is 0. The molecule has 0 bridgehead atoms. The van der Waals surface area contributed by atoms with E-state index in [1.807, 2.05) is 0 Å². The van der Waals surface area contributed by atoms with Crippen molar-refractivity contribution in [2.24, 2.45) is 0 Å². The zero-order valence-electron chi connectivity index (χ0n) is 9.82. The van der Waals surface area contributed by atoms with E-state index < -0.39 is 40.8 Å². The van der Waals surface area contributed by atoms with Gasteiger partial charge >= 0.3 is 81.6 Å². The van der Waals surface area contributed by atoms with Crippen LogP contribution < -0.4 is 0 Å². The Labute approximate surface area is 184 Å². The third-order valence-corrected chi connectivity index (χ3v) is 2.22. The van der Waals surface area contributed by atoms with Crippen molar-refractivity contribution in [1.29, 1.82) is 0 Å². The summed E-state index contributed by atoms with van der Waals surface area (Å²) in [6, 6.07) is 0. The summed E-state index contributed by atoms with van der Waals surface area (Å²) >= 11 is 0. The Balaban J connectivity index is 0.00000220. The molecule has 0 spiro atoms. The Hall–Kier alpha value is -0.571. The zero-order chi connectivity index (χ0) is 14.7. The second kappa shape index (κ2) is 9.54. The van der Waals surface area contributed by atoms with Crippen molar-refractivity contribution in [3.63, 3.8) is 0 Å². The van der Waals surface area contributed by atoms with Crippen molar-refractivity contribution in [2.75, 3.05) is 0 Å². The van der Waals surface area contributed by atoms with Gasteiger partial charge in [-0.3, -0.25) is 19.2 Å². The van der Waals surface area contributed by atoms with Gasteiger partial charge in [0.15, 0.2) is 23.1 Å². The number of allylic oxidation sites excluding steroid dienone is 6. The first kappa shape index (κ1) is 21.4. The summed E-state index contributed by atoms with van der Waals surface area (Å²) in [7, 11) is 0. The van der Waals surface area contributed by atoms with Gasteiger partial charge in [-0.05, 0) is 24.3 Å². The molecular weight excluding hydrogens is 348 g/mol. The van der Waals surface area contributed by atoms with Gasteiger partial charge in [-0.15, -0.1) is 0 Å². The molecule has 0 aromatic carbocycles. The number of hydrogen-bond donors (Lipinski definition) is 0. The van der Waals surface area contributed by atoms with E-state index in [-0.39, 0.29) is 75.5 Å². The Morgan fingerprint density at radius 1 is 0.682 bits per heavy atom. The molecule has 2 rings (SSSR count). The molecule has 22 heavy (non-hydrogen) atoms. The molecule has 0 saturated carbocycles. The second-order valence-corrected chi connectivity index (χ2v) is 3.67. The standard InChI is InChI=1S/C13H6O7.2Ca.4H/c14-7-1-3-9(16)11(5-7)19-13(18)20-12-6-8(15)2-4-10(12)17;;;;;;/h1-6H;;;;;;. The first-order valence-corrected chi connectivity index (χ1v) is 5.31. The van der Waals surface area contributed by atoms with Gasteiger partial charge in [-0.25, -0.2) is 4.79 Å². The van der Waals surface area contributed by atoms with E-state index in [1.54, 1.807) is 0 Å². The van der Waals surface area contributed by atoms with Gasteiger partial charge in [0.25, 0.3) is 0 Å². The fourth-order valence-corrected chi connectivity index (χ4v) is 1.34.